The quantitative estimate of drug-likeness (QED) is 0.763. The highest BCUT2D eigenvalue weighted by Crippen LogP contribution is 2.29. The van der Waals surface area contributed by atoms with Gasteiger partial charge in [0.15, 0.2) is 5.65 Å². The number of benzene rings is 1. The minimum atomic E-state index is -0.421. The summed E-state index contributed by atoms with van der Waals surface area (Å²) in [6.07, 6.45) is 0. The number of hydrogen-bond donors (Lipinski definition) is 1. The first-order chi connectivity index (χ1) is 12.4. The molecule has 0 spiro atoms. The lowest BCUT2D eigenvalue weighted by molar-refractivity contribution is 0.342. The number of rotatable bonds is 3. The van der Waals surface area contributed by atoms with Crippen molar-refractivity contribution in [3.8, 4) is 11.3 Å². The Morgan fingerprint density at radius 2 is 1.74 bits per heavy atom. The van der Waals surface area contributed by atoms with Gasteiger partial charge in [0, 0.05) is 24.7 Å². The number of nitrogens with zero attached hydrogens (tertiary/aromatic N) is 3. The number of imidazole rings is 1. The SMILES string of the molecule is Cc1ccc(C(C)(C)N)cc1-c1ccc2c(n1)n(C)c(=O)n2CC(C)(C)C. The van der Waals surface area contributed by atoms with E-state index in [4.69, 9.17) is 10.7 Å². The molecule has 5 heteroatoms. The summed E-state index contributed by atoms with van der Waals surface area (Å²) in [7, 11) is 1.78. The van der Waals surface area contributed by atoms with E-state index in [9.17, 15) is 4.79 Å². The molecule has 1 aromatic carbocycles. The summed E-state index contributed by atoms with van der Waals surface area (Å²) in [5.74, 6) is 0. The first-order valence-corrected chi connectivity index (χ1v) is 9.35. The highest BCUT2D eigenvalue weighted by Gasteiger charge is 2.20. The molecule has 0 bridgehead atoms. The van der Waals surface area contributed by atoms with Gasteiger partial charge < -0.3 is 5.73 Å². The molecule has 0 saturated carbocycles. The molecule has 3 rings (SSSR count). The minimum absolute atomic E-state index is 0.00834. The Kier molecular flexibility index (Phi) is 4.55. The Labute approximate surface area is 160 Å². The van der Waals surface area contributed by atoms with Gasteiger partial charge in [0.1, 0.15) is 0 Å². The van der Waals surface area contributed by atoms with Crippen LogP contribution in [-0.2, 0) is 19.1 Å². The summed E-state index contributed by atoms with van der Waals surface area (Å²) >= 11 is 0. The van der Waals surface area contributed by atoms with E-state index in [0.717, 1.165) is 27.9 Å². The number of aromatic nitrogens is 3. The van der Waals surface area contributed by atoms with Gasteiger partial charge in [-0.25, -0.2) is 9.78 Å². The van der Waals surface area contributed by atoms with Crippen LogP contribution in [0.1, 0.15) is 45.7 Å². The average Bonchev–Trinajstić information content (AvgIpc) is 2.77. The fourth-order valence-electron chi connectivity index (χ4n) is 3.35. The molecule has 0 fully saturated rings. The van der Waals surface area contributed by atoms with E-state index in [1.54, 1.807) is 11.6 Å². The molecule has 2 heterocycles. The zero-order chi connectivity index (χ0) is 20.1. The molecule has 0 unspecified atom stereocenters. The van der Waals surface area contributed by atoms with Gasteiger partial charge in [-0.1, -0.05) is 32.9 Å². The van der Waals surface area contributed by atoms with Gasteiger partial charge in [0.2, 0.25) is 0 Å². The van der Waals surface area contributed by atoms with E-state index < -0.39 is 5.54 Å². The molecule has 2 aromatic heterocycles. The van der Waals surface area contributed by atoms with Crippen LogP contribution in [0.25, 0.3) is 22.4 Å². The Hall–Kier alpha value is -2.40. The Bertz CT molecular complexity index is 1060. The van der Waals surface area contributed by atoms with Crippen LogP contribution >= 0.6 is 0 Å². The van der Waals surface area contributed by atoms with Crippen molar-refractivity contribution in [2.24, 2.45) is 18.2 Å². The van der Waals surface area contributed by atoms with E-state index in [2.05, 4.69) is 45.9 Å². The van der Waals surface area contributed by atoms with E-state index in [-0.39, 0.29) is 11.1 Å². The third-order valence-corrected chi connectivity index (χ3v) is 4.87. The van der Waals surface area contributed by atoms with Crippen molar-refractivity contribution in [3.63, 3.8) is 0 Å². The number of aryl methyl sites for hydroxylation is 2. The van der Waals surface area contributed by atoms with Crippen molar-refractivity contribution in [3.05, 3.63) is 51.9 Å². The molecule has 3 aromatic rings. The number of nitrogens with two attached hydrogens (primary N) is 1. The molecule has 0 atom stereocenters. The van der Waals surface area contributed by atoms with Gasteiger partial charge in [-0.15, -0.1) is 0 Å². The summed E-state index contributed by atoms with van der Waals surface area (Å²) in [5, 5.41) is 0. The molecule has 0 radical (unpaired) electrons. The van der Waals surface area contributed by atoms with Crippen LogP contribution in [0.15, 0.2) is 35.1 Å². The third-order valence-electron chi connectivity index (χ3n) is 4.87. The molecule has 0 aliphatic carbocycles. The molecular formula is C22H30N4O. The van der Waals surface area contributed by atoms with Crippen LogP contribution < -0.4 is 11.4 Å². The van der Waals surface area contributed by atoms with E-state index in [1.165, 1.54) is 0 Å². The Morgan fingerprint density at radius 1 is 1.07 bits per heavy atom. The summed E-state index contributed by atoms with van der Waals surface area (Å²) in [6.45, 7) is 13.1. The number of pyridine rings is 1. The summed E-state index contributed by atoms with van der Waals surface area (Å²) in [6, 6.07) is 10.2. The maximum absolute atomic E-state index is 12.7. The van der Waals surface area contributed by atoms with E-state index >= 15 is 0 Å². The largest absolute Gasteiger partial charge is 0.330 e. The smallest absolute Gasteiger partial charge is 0.322 e. The van der Waals surface area contributed by atoms with Crippen LogP contribution in [-0.4, -0.2) is 14.1 Å². The molecule has 0 saturated heterocycles. The molecule has 0 aliphatic heterocycles. The molecule has 27 heavy (non-hydrogen) atoms. The van der Waals surface area contributed by atoms with Gasteiger partial charge in [0.05, 0.1) is 11.2 Å². The third kappa shape index (κ3) is 3.69. The van der Waals surface area contributed by atoms with Crippen LogP contribution in [0.2, 0.25) is 0 Å². The van der Waals surface area contributed by atoms with Gasteiger partial charge in [-0.3, -0.25) is 9.13 Å². The molecule has 2 N–H and O–H groups in total. The molecule has 144 valence electrons. The topological polar surface area (TPSA) is 65.8 Å². The van der Waals surface area contributed by atoms with Crippen LogP contribution in [0.4, 0.5) is 0 Å². The van der Waals surface area contributed by atoms with Crippen LogP contribution in [0.5, 0.6) is 0 Å². The van der Waals surface area contributed by atoms with Gasteiger partial charge in [-0.05, 0) is 55.5 Å². The second-order valence-corrected chi connectivity index (χ2v) is 9.28. The first-order valence-electron chi connectivity index (χ1n) is 9.35. The Morgan fingerprint density at radius 3 is 2.33 bits per heavy atom. The second-order valence-electron chi connectivity index (χ2n) is 9.28. The lowest BCUT2D eigenvalue weighted by Gasteiger charge is -2.21. The van der Waals surface area contributed by atoms with Crippen molar-refractivity contribution in [2.75, 3.05) is 0 Å². The van der Waals surface area contributed by atoms with E-state index in [0.29, 0.717) is 12.2 Å². The van der Waals surface area contributed by atoms with Gasteiger partial charge >= 0.3 is 5.69 Å². The van der Waals surface area contributed by atoms with E-state index in [1.807, 2.05) is 30.5 Å². The predicted octanol–water partition coefficient (Wildman–Crippen LogP) is 3.95. The zero-order valence-corrected chi connectivity index (χ0v) is 17.4. The number of fused-ring (bicyclic) bond motifs is 1. The molecule has 0 aliphatic rings. The highest BCUT2D eigenvalue weighted by molar-refractivity contribution is 5.77. The zero-order valence-electron chi connectivity index (χ0n) is 17.4. The second kappa shape index (κ2) is 6.34. The van der Waals surface area contributed by atoms with Crippen molar-refractivity contribution in [1.29, 1.82) is 0 Å². The van der Waals surface area contributed by atoms with Crippen molar-refractivity contribution >= 4 is 11.2 Å². The molecular weight excluding hydrogens is 336 g/mol. The predicted molar refractivity (Wildman–Crippen MR) is 112 cm³/mol. The standard InChI is InChI=1S/C22H30N4O/c1-14-8-9-15(22(5,6)23)12-16(14)17-10-11-18-19(24-17)25(7)20(27)26(18)13-21(2,3)4/h8-12H,13,23H2,1-7H3. The maximum atomic E-state index is 12.7. The van der Waals surface area contributed by atoms with Crippen molar-refractivity contribution in [1.82, 2.24) is 14.1 Å². The summed E-state index contributed by atoms with van der Waals surface area (Å²) in [5.41, 5.74) is 11.5. The minimum Gasteiger partial charge on any atom is -0.322 e. The monoisotopic (exact) mass is 366 g/mol. The molecule has 0 amide bonds. The van der Waals surface area contributed by atoms with Crippen LogP contribution in [0.3, 0.4) is 0 Å². The van der Waals surface area contributed by atoms with Crippen molar-refractivity contribution < 1.29 is 0 Å². The highest BCUT2D eigenvalue weighted by atomic mass is 16.1. The number of hydrogen-bond acceptors (Lipinski definition) is 3. The fraction of sp³-hybridized carbons (Fsp3) is 0.455. The maximum Gasteiger partial charge on any atom is 0.330 e. The first kappa shape index (κ1) is 19.4. The average molecular weight is 367 g/mol. The summed E-state index contributed by atoms with van der Waals surface area (Å²) < 4.78 is 3.45. The lowest BCUT2D eigenvalue weighted by Crippen LogP contribution is -2.28. The van der Waals surface area contributed by atoms with Crippen LogP contribution in [0, 0.1) is 12.3 Å². The normalized spacial score (nSPS) is 12.7. The van der Waals surface area contributed by atoms with Gasteiger partial charge in [-0.2, -0.15) is 0 Å². The Balaban J connectivity index is 2.19. The van der Waals surface area contributed by atoms with Crippen molar-refractivity contribution in [2.45, 2.75) is 53.6 Å². The molecule has 5 nitrogen and oxygen atoms in total. The lowest BCUT2D eigenvalue weighted by atomic mass is 9.91. The fourth-order valence-corrected chi connectivity index (χ4v) is 3.35. The van der Waals surface area contributed by atoms with Gasteiger partial charge in [0.25, 0.3) is 0 Å². The summed E-state index contributed by atoms with van der Waals surface area (Å²) in [4.78, 5) is 17.6.